The summed E-state index contributed by atoms with van der Waals surface area (Å²) in [5.74, 6) is -1.02. The van der Waals surface area contributed by atoms with Crippen LogP contribution in [0.15, 0.2) is 42.2 Å². The minimum atomic E-state index is -1.02. The average molecular weight is 285 g/mol. The van der Waals surface area contributed by atoms with Crippen LogP contribution >= 0.6 is 11.3 Å². The highest BCUT2D eigenvalue weighted by Crippen LogP contribution is 2.24. The van der Waals surface area contributed by atoms with Crippen molar-refractivity contribution >= 4 is 33.1 Å². The van der Waals surface area contributed by atoms with Crippen molar-refractivity contribution in [3.63, 3.8) is 0 Å². The third kappa shape index (κ3) is 2.46. The fourth-order valence-electron chi connectivity index (χ4n) is 1.94. The number of nitrogens with one attached hydrogen (secondary N) is 1. The van der Waals surface area contributed by atoms with Gasteiger partial charge in [-0.15, -0.1) is 11.3 Å². The van der Waals surface area contributed by atoms with Crippen molar-refractivity contribution < 1.29 is 9.90 Å². The Morgan fingerprint density at radius 3 is 3.10 bits per heavy atom. The quantitative estimate of drug-likeness (QED) is 0.770. The van der Waals surface area contributed by atoms with Crippen LogP contribution in [0.4, 0.5) is 5.69 Å². The number of carbonyl (C=O) groups is 1. The highest BCUT2D eigenvalue weighted by atomic mass is 32.1. The lowest BCUT2D eigenvalue weighted by atomic mass is 10.2. The minimum Gasteiger partial charge on any atom is -0.478 e. The van der Waals surface area contributed by atoms with Crippen LogP contribution in [0.5, 0.6) is 0 Å². The predicted molar refractivity (Wildman–Crippen MR) is 78.1 cm³/mol. The van der Waals surface area contributed by atoms with Crippen molar-refractivity contribution in [3.05, 3.63) is 53.4 Å². The maximum Gasteiger partial charge on any atom is 0.339 e. The molecule has 2 aromatic heterocycles. The van der Waals surface area contributed by atoms with E-state index in [1.807, 2.05) is 23.6 Å². The van der Waals surface area contributed by atoms with Crippen molar-refractivity contribution in [2.24, 2.45) is 0 Å². The molecule has 0 aliphatic heterocycles. The van der Waals surface area contributed by atoms with E-state index in [1.54, 1.807) is 11.3 Å². The summed E-state index contributed by atoms with van der Waals surface area (Å²) in [6.07, 6.45) is 2.67. The lowest BCUT2D eigenvalue weighted by Gasteiger charge is -2.08. The molecule has 0 spiro atoms. The van der Waals surface area contributed by atoms with Crippen molar-refractivity contribution in [2.75, 3.05) is 5.32 Å². The number of benzene rings is 1. The number of aromatic nitrogens is 2. The molecule has 5 nitrogen and oxygen atoms in total. The van der Waals surface area contributed by atoms with E-state index >= 15 is 0 Å². The van der Waals surface area contributed by atoms with Gasteiger partial charge in [-0.3, -0.25) is 0 Å². The highest BCUT2D eigenvalue weighted by Gasteiger charge is 2.10. The molecule has 2 heterocycles. The molecule has 100 valence electrons. The van der Waals surface area contributed by atoms with Gasteiger partial charge >= 0.3 is 5.97 Å². The monoisotopic (exact) mass is 285 g/mol. The molecule has 0 aliphatic carbocycles. The van der Waals surface area contributed by atoms with Crippen LogP contribution in [0.25, 0.3) is 10.1 Å². The second-order valence-electron chi connectivity index (χ2n) is 4.22. The zero-order valence-corrected chi connectivity index (χ0v) is 11.2. The maximum atomic E-state index is 11.1. The number of hydrogen-bond donors (Lipinski definition) is 2. The van der Waals surface area contributed by atoms with E-state index in [9.17, 15) is 4.79 Å². The molecule has 0 radical (unpaired) electrons. The number of nitrogens with zero attached hydrogens (tertiary/aromatic N) is 2. The second kappa shape index (κ2) is 5.26. The molecule has 0 saturated heterocycles. The standard InChI is InChI=1S/C14H11N3O2S/c18-14(19)11-6-15-8-17-12(11)7-16-10-1-2-13-9(5-10)3-4-20-13/h1-6,8,16H,7H2,(H,18,19). The summed E-state index contributed by atoms with van der Waals surface area (Å²) in [7, 11) is 0. The van der Waals surface area contributed by atoms with Gasteiger partial charge in [-0.1, -0.05) is 0 Å². The SMILES string of the molecule is O=C(O)c1cncnc1CNc1ccc2sccc2c1. The van der Waals surface area contributed by atoms with Crippen LogP contribution in [0.3, 0.4) is 0 Å². The third-order valence-corrected chi connectivity index (χ3v) is 3.84. The first-order valence-corrected chi connectivity index (χ1v) is 6.85. The van der Waals surface area contributed by atoms with Gasteiger partial charge in [0.05, 0.1) is 12.2 Å². The summed E-state index contributed by atoms with van der Waals surface area (Å²) in [6, 6.07) is 8.10. The van der Waals surface area contributed by atoms with Gasteiger partial charge in [0, 0.05) is 16.6 Å². The first-order valence-electron chi connectivity index (χ1n) is 5.97. The molecule has 0 unspecified atom stereocenters. The Kier molecular flexibility index (Phi) is 3.30. The predicted octanol–water partition coefficient (Wildman–Crippen LogP) is 3.00. The number of rotatable bonds is 4. The van der Waals surface area contributed by atoms with E-state index in [1.165, 1.54) is 22.6 Å². The van der Waals surface area contributed by atoms with E-state index in [4.69, 9.17) is 5.11 Å². The maximum absolute atomic E-state index is 11.1. The average Bonchev–Trinajstić information content (AvgIpc) is 2.92. The van der Waals surface area contributed by atoms with Gasteiger partial charge in [-0.25, -0.2) is 14.8 Å². The summed E-state index contributed by atoms with van der Waals surface area (Å²) >= 11 is 1.69. The second-order valence-corrected chi connectivity index (χ2v) is 5.16. The Morgan fingerprint density at radius 2 is 2.25 bits per heavy atom. The number of aromatic carboxylic acids is 1. The minimum absolute atomic E-state index is 0.122. The van der Waals surface area contributed by atoms with E-state index in [2.05, 4.69) is 21.4 Å². The molecule has 0 amide bonds. The first kappa shape index (κ1) is 12.6. The largest absolute Gasteiger partial charge is 0.478 e. The summed E-state index contributed by atoms with van der Waals surface area (Å²) in [5.41, 5.74) is 1.53. The van der Waals surface area contributed by atoms with Gasteiger partial charge in [0.15, 0.2) is 0 Å². The molecule has 0 bridgehead atoms. The van der Waals surface area contributed by atoms with Gasteiger partial charge in [-0.05, 0) is 35.0 Å². The molecule has 0 atom stereocenters. The molecule has 0 fully saturated rings. The van der Waals surface area contributed by atoms with Gasteiger partial charge in [-0.2, -0.15) is 0 Å². The molecule has 2 N–H and O–H groups in total. The Labute approximate surface area is 118 Å². The van der Waals surface area contributed by atoms with Crippen molar-refractivity contribution in [3.8, 4) is 0 Å². The molecule has 0 aliphatic rings. The molecular formula is C14H11N3O2S. The van der Waals surface area contributed by atoms with E-state index in [0.29, 0.717) is 12.2 Å². The topological polar surface area (TPSA) is 75.1 Å². The highest BCUT2D eigenvalue weighted by molar-refractivity contribution is 7.17. The van der Waals surface area contributed by atoms with Gasteiger partial charge in [0.1, 0.15) is 11.9 Å². The molecule has 3 rings (SSSR count). The lowest BCUT2D eigenvalue weighted by molar-refractivity contribution is 0.0694. The smallest absolute Gasteiger partial charge is 0.339 e. The number of hydrogen-bond acceptors (Lipinski definition) is 5. The number of anilines is 1. The third-order valence-electron chi connectivity index (χ3n) is 2.94. The summed E-state index contributed by atoms with van der Waals surface area (Å²) in [4.78, 5) is 18.8. The van der Waals surface area contributed by atoms with E-state index in [0.717, 1.165) is 5.69 Å². The molecule has 1 aromatic carbocycles. The van der Waals surface area contributed by atoms with Crippen molar-refractivity contribution in [1.29, 1.82) is 0 Å². The molecule has 3 aromatic rings. The summed E-state index contributed by atoms with van der Waals surface area (Å²) < 4.78 is 1.23. The Balaban J connectivity index is 1.80. The molecule has 0 saturated carbocycles. The number of fused-ring (bicyclic) bond motifs is 1. The molecule has 20 heavy (non-hydrogen) atoms. The van der Waals surface area contributed by atoms with Crippen LogP contribution in [0.1, 0.15) is 16.1 Å². The fraction of sp³-hybridized carbons (Fsp3) is 0.0714. The van der Waals surface area contributed by atoms with Gasteiger partial charge in [0.2, 0.25) is 0 Å². The van der Waals surface area contributed by atoms with Crippen LogP contribution < -0.4 is 5.32 Å². The van der Waals surface area contributed by atoms with Crippen LogP contribution in [-0.2, 0) is 6.54 Å². The number of thiophene rings is 1. The lowest BCUT2D eigenvalue weighted by Crippen LogP contribution is -2.09. The van der Waals surface area contributed by atoms with Gasteiger partial charge in [0.25, 0.3) is 0 Å². The first-order chi connectivity index (χ1) is 9.74. The number of carboxylic acid groups (broad SMARTS) is 1. The zero-order valence-electron chi connectivity index (χ0n) is 10.4. The van der Waals surface area contributed by atoms with E-state index in [-0.39, 0.29) is 5.56 Å². The van der Waals surface area contributed by atoms with Crippen LogP contribution in [0, 0.1) is 0 Å². The Bertz CT molecular complexity index is 770. The molecular weight excluding hydrogens is 274 g/mol. The number of carboxylic acids is 1. The van der Waals surface area contributed by atoms with Crippen molar-refractivity contribution in [1.82, 2.24) is 9.97 Å². The van der Waals surface area contributed by atoms with Crippen LogP contribution in [0.2, 0.25) is 0 Å². The van der Waals surface area contributed by atoms with E-state index < -0.39 is 5.97 Å². The Hall–Kier alpha value is -2.47. The molecule has 6 heteroatoms. The zero-order chi connectivity index (χ0) is 13.9. The summed E-state index contributed by atoms with van der Waals surface area (Å²) in [5, 5.41) is 15.5. The summed E-state index contributed by atoms with van der Waals surface area (Å²) in [6.45, 7) is 0.347. The van der Waals surface area contributed by atoms with Crippen LogP contribution in [-0.4, -0.2) is 21.0 Å². The normalized spacial score (nSPS) is 10.6. The Morgan fingerprint density at radius 1 is 1.35 bits per heavy atom. The van der Waals surface area contributed by atoms with Gasteiger partial charge < -0.3 is 10.4 Å². The fourth-order valence-corrected chi connectivity index (χ4v) is 2.71. The van der Waals surface area contributed by atoms with Crippen molar-refractivity contribution in [2.45, 2.75) is 6.54 Å².